The summed E-state index contributed by atoms with van der Waals surface area (Å²) in [5.41, 5.74) is -0.200. The van der Waals surface area contributed by atoms with Gasteiger partial charge in [-0.05, 0) is 51.9 Å². The molecule has 5 nitrogen and oxygen atoms in total. The van der Waals surface area contributed by atoms with Gasteiger partial charge in [0.2, 0.25) is 0 Å². The molecule has 0 aromatic heterocycles. The number of anilines is 1. The first kappa shape index (κ1) is 14.7. The van der Waals surface area contributed by atoms with Gasteiger partial charge in [-0.2, -0.15) is 0 Å². The number of likely N-dealkylation sites (tertiary alicyclic amines) is 1. The molecule has 1 aromatic carbocycles. The van der Waals surface area contributed by atoms with Crippen molar-refractivity contribution in [1.82, 2.24) is 4.90 Å². The fraction of sp³-hybridized carbons (Fsp3) is 0.571. The van der Waals surface area contributed by atoms with Crippen molar-refractivity contribution in [2.24, 2.45) is 5.92 Å². The van der Waals surface area contributed by atoms with Crippen molar-refractivity contribution in [3.8, 4) is 0 Å². The van der Waals surface area contributed by atoms with Crippen LogP contribution in [0.5, 0.6) is 0 Å². The Morgan fingerprint density at radius 1 is 1.45 bits per heavy atom. The van der Waals surface area contributed by atoms with E-state index in [9.17, 15) is 14.5 Å². The molecule has 1 heterocycles. The second-order valence-electron chi connectivity index (χ2n) is 5.46. The van der Waals surface area contributed by atoms with E-state index >= 15 is 0 Å². The van der Waals surface area contributed by atoms with E-state index in [1.54, 1.807) is 0 Å². The van der Waals surface area contributed by atoms with Crippen LogP contribution in [-0.4, -0.2) is 36.0 Å². The molecule has 0 amide bonds. The topological polar surface area (TPSA) is 58.4 Å². The molecule has 0 spiro atoms. The molecule has 2 rings (SSSR count). The largest absolute Gasteiger partial charge is 0.374 e. The van der Waals surface area contributed by atoms with Crippen molar-refractivity contribution >= 4 is 11.4 Å². The SMILES string of the molecule is CC(Nc1c(F)cccc1[N+](=O)[O-])C1CCN(C)CC1. The van der Waals surface area contributed by atoms with Gasteiger partial charge < -0.3 is 10.2 Å². The molecule has 0 saturated carbocycles. The third-order valence-corrected chi connectivity index (χ3v) is 4.03. The lowest BCUT2D eigenvalue weighted by Crippen LogP contribution is -2.37. The highest BCUT2D eigenvalue weighted by Crippen LogP contribution is 2.30. The summed E-state index contributed by atoms with van der Waals surface area (Å²) in [5.74, 6) is -0.163. The maximum Gasteiger partial charge on any atom is 0.295 e. The van der Waals surface area contributed by atoms with E-state index in [4.69, 9.17) is 0 Å². The zero-order valence-corrected chi connectivity index (χ0v) is 11.8. The van der Waals surface area contributed by atoms with Crippen molar-refractivity contribution in [1.29, 1.82) is 0 Å². The molecule has 20 heavy (non-hydrogen) atoms. The molecule has 1 saturated heterocycles. The first-order chi connectivity index (χ1) is 9.49. The van der Waals surface area contributed by atoms with Gasteiger partial charge in [-0.25, -0.2) is 4.39 Å². The summed E-state index contributed by atoms with van der Waals surface area (Å²) in [5, 5.41) is 14.0. The Balaban J connectivity index is 2.11. The standard InChI is InChI=1S/C14H20FN3O2/c1-10(11-6-8-17(2)9-7-11)16-14-12(15)4-3-5-13(14)18(19)20/h3-5,10-11,16H,6-9H2,1-2H3. The number of nitro groups is 1. The van der Waals surface area contributed by atoms with Gasteiger partial charge in [0.05, 0.1) is 4.92 Å². The highest BCUT2D eigenvalue weighted by molar-refractivity contribution is 5.62. The van der Waals surface area contributed by atoms with E-state index in [2.05, 4.69) is 17.3 Å². The van der Waals surface area contributed by atoms with Crippen LogP contribution in [-0.2, 0) is 0 Å². The number of rotatable bonds is 4. The minimum atomic E-state index is -0.570. The summed E-state index contributed by atoms with van der Waals surface area (Å²) in [6.45, 7) is 3.98. The second-order valence-corrected chi connectivity index (χ2v) is 5.46. The molecule has 0 bridgehead atoms. The van der Waals surface area contributed by atoms with E-state index < -0.39 is 10.7 Å². The molecule has 1 unspecified atom stereocenters. The summed E-state index contributed by atoms with van der Waals surface area (Å²) in [4.78, 5) is 12.7. The maximum absolute atomic E-state index is 13.8. The van der Waals surface area contributed by atoms with Crippen LogP contribution in [0.2, 0.25) is 0 Å². The molecule has 1 atom stereocenters. The van der Waals surface area contributed by atoms with Crippen molar-refractivity contribution in [3.63, 3.8) is 0 Å². The average molecular weight is 281 g/mol. The normalized spacial score (nSPS) is 18.8. The fourth-order valence-corrected chi connectivity index (χ4v) is 2.68. The molecule has 0 aliphatic carbocycles. The van der Waals surface area contributed by atoms with E-state index in [0.29, 0.717) is 5.92 Å². The number of piperidine rings is 1. The van der Waals surface area contributed by atoms with Crippen molar-refractivity contribution < 1.29 is 9.31 Å². The number of benzene rings is 1. The van der Waals surface area contributed by atoms with Gasteiger partial charge in [-0.3, -0.25) is 10.1 Å². The minimum Gasteiger partial charge on any atom is -0.374 e. The maximum atomic E-state index is 13.8. The second kappa shape index (κ2) is 6.17. The Bertz CT molecular complexity index is 487. The lowest BCUT2D eigenvalue weighted by atomic mass is 9.90. The van der Waals surface area contributed by atoms with Crippen LogP contribution in [0.4, 0.5) is 15.8 Å². The van der Waals surface area contributed by atoms with Gasteiger partial charge in [-0.15, -0.1) is 0 Å². The van der Waals surface area contributed by atoms with Gasteiger partial charge in [0.25, 0.3) is 5.69 Å². The molecule has 110 valence electrons. The number of nitro benzene ring substituents is 1. The number of halogens is 1. The Hall–Kier alpha value is -1.69. The Kier molecular flexibility index (Phi) is 4.54. The van der Waals surface area contributed by atoms with Crippen molar-refractivity contribution in [2.75, 3.05) is 25.5 Å². The molecule has 0 radical (unpaired) electrons. The Morgan fingerprint density at radius 3 is 2.70 bits per heavy atom. The first-order valence-corrected chi connectivity index (χ1v) is 6.87. The molecule has 1 aliphatic rings. The highest BCUT2D eigenvalue weighted by atomic mass is 19.1. The van der Waals surface area contributed by atoms with Gasteiger partial charge in [-0.1, -0.05) is 6.07 Å². The molecule has 1 fully saturated rings. The summed E-state index contributed by atoms with van der Waals surface area (Å²) >= 11 is 0. The number of nitrogens with zero attached hydrogens (tertiary/aromatic N) is 2. The third kappa shape index (κ3) is 3.25. The van der Waals surface area contributed by atoms with Crippen LogP contribution in [0.3, 0.4) is 0 Å². The quantitative estimate of drug-likeness (QED) is 0.681. The minimum absolute atomic E-state index is 0.00364. The van der Waals surface area contributed by atoms with Crippen LogP contribution >= 0.6 is 0 Å². The molecule has 1 aromatic rings. The van der Waals surface area contributed by atoms with Gasteiger partial charge in [0.15, 0.2) is 5.82 Å². The predicted octanol–water partition coefficient (Wildman–Crippen LogP) is 2.88. The summed E-state index contributed by atoms with van der Waals surface area (Å²) in [6.07, 6.45) is 2.04. The number of hydrogen-bond acceptors (Lipinski definition) is 4. The van der Waals surface area contributed by atoms with E-state index in [0.717, 1.165) is 25.9 Å². The monoisotopic (exact) mass is 281 g/mol. The van der Waals surface area contributed by atoms with Crippen LogP contribution < -0.4 is 5.32 Å². The molecule has 1 aliphatic heterocycles. The zero-order chi connectivity index (χ0) is 14.7. The van der Waals surface area contributed by atoms with Crippen molar-refractivity contribution in [3.05, 3.63) is 34.1 Å². The predicted molar refractivity (Wildman–Crippen MR) is 76.4 cm³/mol. The van der Waals surface area contributed by atoms with E-state index in [1.165, 1.54) is 18.2 Å². The van der Waals surface area contributed by atoms with Crippen LogP contribution in [0.1, 0.15) is 19.8 Å². The van der Waals surface area contributed by atoms with Crippen LogP contribution in [0, 0.1) is 21.8 Å². The van der Waals surface area contributed by atoms with Gasteiger partial charge in [0.1, 0.15) is 5.69 Å². The smallest absolute Gasteiger partial charge is 0.295 e. The first-order valence-electron chi connectivity index (χ1n) is 6.87. The van der Waals surface area contributed by atoms with Crippen molar-refractivity contribution in [2.45, 2.75) is 25.8 Å². The zero-order valence-electron chi connectivity index (χ0n) is 11.8. The van der Waals surface area contributed by atoms with Gasteiger partial charge in [0, 0.05) is 12.1 Å². The van der Waals surface area contributed by atoms with Gasteiger partial charge >= 0.3 is 0 Å². The van der Waals surface area contributed by atoms with Crippen LogP contribution in [0.15, 0.2) is 18.2 Å². The average Bonchev–Trinajstić information content (AvgIpc) is 2.41. The molecular formula is C14H20FN3O2. The van der Waals surface area contributed by atoms with E-state index in [1.807, 2.05) is 6.92 Å². The summed E-state index contributed by atoms with van der Waals surface area (Å²) in [7, 11) is 2.08. The summed E-state index contributed by atoms with van der Waals surface area (Å²) in [6, 6.07) is 3.95. The van der Waals surface area contributed by atoms with E-state index in [-0.39, 0.29) is 17.4 Å². The molecule has 6 heteroatoms. The summed E-state index contributed by atoms with van der Waals surface area (Å²) < 4.78 is 13.8. The number of nitrogens with one attached hydrogen (secondary N) is 1. The molecular weight excluding hydrogens is 261 g/mol. The van der Waals surface area contributed by atoms with Crippen LogP contribution in [0.25, 0.3) is 0 Å². The lowest BCUT2D eigenvalue weighted by molar-refractivity contribution is -0.384. The Labute approximate surface area is 117 Å². The Morgan fingerprint density at radius 2 is 2.10 bits per heavy atom. The number of hydrogen-bond donors (Lipinski definition) is 1. The highest BCUT2D eigenvalue weighted by Gasteiger charge is 2.25. The number of para-hydroxylation sites is 1. The molecule has 1 N–H and O–H groups in total. The fourth-order valence-electron chi connectivity index (χ4n) is 2.68. The third-order valence-electron chi connectivity index (χ3n) is 4.03. The lowest BCUT2D eigenvalue weighted by Gasteiger charge is -2.33.